The lowest BCUT2D eigenvalue weighted by Gasteiger charge is -2.30. The number of benzene rings is 1. The fourth-order valence-electron chi connectivity index (χ4n) is 3.91. The summed E-state index contributed by atoms with van der Waals surface area (Å²) < 4.78 is 0. The number of carboxylic acids is 1. The van der Waals surface area contributed by atoms with E-state index in [1.54, 1.807) is 0 Å². The first kappa shape index (κ1) is 18.0. The van der Waals surface area contributed by atoms with E-state index in [-0.39, 0.29) is 6.42 Å². The van der Waals surface area contributed by atoms with Crippen LogP contribution in [0, 0.1) is 26.7 Å². The molecule has 3 heteroatoms. The molecule has 1 aliphatic rings. The maximum atomic E-state index is 11.0. The molecule has 0 atom stereocenters. The summed E-state index contributed by atoms with van der Waals surface area (Å²) >= 11 is 0. The van der Waals surface area contributed by atoms with Crippen molar-refractivity contribution >= 4 is 5.97 Å². The SMILES string of the molecule is Cc1cc(C)c(CN(CCC(=O)O)CC2CCCCC2)c(C)c1. The second-order valence-corrected chi connectivity index (χ2v) is 7.26. The Morgan fingerprint density at radius 3 is 2.30 bits per heavy atom. The van der Waals surface area contributed by atoms with Crippen LogP contribution in [0.4, 0.5) is 0 Å². The Balaban J connectivity index is 2.08. The molecule has 0 saturated heterocycles. The second kappa shape index (κ2) is 8.49. The van der Waals surface area contributed by atoms with E-state index in [1.165, 1.54) is 54.4 Å². The topological polar surface area (TPSA) is 40.5 Å². The van der Waals surface area contributed by atoms with Crippen LogP contribution >= 0.6 is 0 Å². The zero-order valence-corrected chi connectivity index (χ0v) is 14.9. The first-order valence-electron chi connectivity index (χ1n) is 8.96. The lowest BCUT2D eigenvalue weighted by atomic mass is 9.88. The third-order valence-electron chi connectivity index (χ3n) is 5.11. The highest BCUT2D eigenvalue weighted by Crippen LogP contribution is 2.26. The Morgan fingerprint density at radius 1 is 1.13 bits per heavy atom. The van der Waals surface area contributed by atoms with E-state index < -0.39 is 5.97 Å². The average molecular weight is 317 g/mol. The van der Waals surface area contributed by atoms with Crippen molar-refractivity contribution < 1.29 is 9.90 Å². The molecule has 0 heterocycles. The molecule has 0 aromatic heterocycles. The van der Waals surface area contributed by atoms with Crippen LogP contribution in [-0.2, 0) is 11.3 Å². The van der Waals surface area contributed by atoms with Crippen LogP contribution < -0.4 is 0 Å². The summed E-state index contributed by atoms with van der Waals surface area (Å²) in [6, 6.07) is 4.47. The summed E-state index contributed by atoms with van der Waals surface area (Å²) in [4.78, 5) is 13.4. The Labute approximate surface area is 140 Å². The highest BCUT2D eigenvalue weighted by Gasteiger charge is 2.19. The molecule has 1 fully saturated rings. The Bertz CT molecular complexity index is 509. The summed E-state index contributed by atoms with van der Waals surface area (Å²) in [5.74, 6) is 0.0413. The van der Waals surface area contributed by atoms with E-state index in [9.17, 15) is 4.79 Å². The van der Waals surface area contributed by atoms with E-state index in [4.69, 9.17) is 5.11 Å². The first-order valence-corrected chi connectivity index (χ1v) is 8.96. The predicted molar refractivity (Wildman–Crippen MR) is 94.8 cm³/mol. The molecule has 1 aliphatic carbocycles. The third kappa shape index (κ3) is 5.65. The summed E-state index contributed by atoms with van der Waals surface area (Å²) in [7, 11) is 0. The zero-order valence-electron chi connectivity index (χ0n) is 14.9. The van der Waals surface area contributed by atoms with Gasteiger partial charge in [0.05, 0.1) is 6.42 Å². The number of aliphatic carboxylic acids is 1. The molecule has 1 aromatic carbocycles. The van der Waals surface area contributed by atoms with Gasteiger partial charge in [-0.15, -0.1) is 0 Å². The van der Waals surface area contributed by atoms with Gasteiger partial charge in [0.2, 0.25) is 0 Å². The molecule has 128 valence electrons. The van der Waals surface area contributed by atoms with Crippen molar-refractivity contribution in [2.24, 2.45) is 5.92 Å². The van der Waals surface area contributed by atoms with Gasteiger partial charge in [0.25, 0.3) is 0 Å². The van der Waals surface area contributed by atoms with Gasteiger partial charge in [0.15, 0.2) is 0 Å². The van der Waals surface area contributed by atoms with Gasteiger partial charge in [-0.25, -0.2) is 0 Å². The average Bonchev–Trinajstić information content (AvgIpc) is 2.49. The van der Waals surface area contributed by atoms with Crippen molar-refractivity contribution in [3.05, 3.63) is 34.4 Å². The monoisotopic (exact) mass is 317 g/mol. The smallest absolute Gasteiger partial charge is 0.304 e. The van der Waals surface area contributed by atoms with Crippen LogP contribution in [0.15, 0.2) is 12.1 Å². The number of aryl methyl sites for hydroxylation is 3. The molecule has 0 spiro atoms. The van der Waals surface area contributed by atoms with Gasteiger partial charge >= 0.3 is 5.97 Å². The largest absolute Gasteiger partial charge is 0.481 e. The van der Waals surface area contributed by atoms with Crippen LogP contribution in [0.2, 0.25) is 0 Å². The minimum Gasteiger partial charge on any atom is -0.481 e. The molecule has 0 bridgehead atoms. The molecule has 0 unspecified atom stereocenters. The van der Waals surface area contributed by atoms with E-state index in [0.29, 0.717) is 6.54 Å². The van der Waals surface area contributed by atoms with E-state index >= 15 is 0 Å². The van der Waals surface area contributed by atoms with Crippen molar-refractivity contribution in [3.63, 3.8) is 0 Å². The standard InChI is InChI=1S/C20H31NO2/c1-15-11-16(2)19(17(3)12-15)14-21(10-9-20(22)23)13-18-7-5-4-6-8-18/h11-12,18H,4-10,13-14H2,1-3H3,(H,22,23). The molecule has 1 saturated carbocycles. The van der Waals surface area contributed by atoms with Crippen molar-refractivity contribution in [2.75, 3.05) is 13.1 Å². The Kier molecular flexibility index (Phi) is 6.64. The summed E-state index contributed by atoms with van der Waals surface area (Å²) in [6.45, 7) is 9.05. The van der Waals surface area contributed by atoms with Gasteiger partial charge in [-0.1, -0.05) is 37.0 Å². The van der Waals surface area contributed by atoms with Gasteiger partial charge in [0.1, 0.15) is 0 Å². The van der Waals surface area contributed by atoms with Crippen molar-refractivity contribution in [3.8, 4) is 0 Å². The minimum absolute atomic E-state index is 0.233. The molecular formula is C20H31NO2. The highest BCUT2D eigenvalue weighted by molar-refractivity contribution is 5.66. The lowest BCUT2D eigenvalue weighted by molar-refractivity contribution is -0.137. The number of carboxylic acid groups (broad SMARTS) is 1. The van der Waals surface area contributed by atoms with Crippen LogP contribution in [-0.4, -0.2) is 29.1 Å². The minimum atomic E-state index is -0.698. The third-order valence-corrected chi connectivity index (χ3v) is 5.11. The molecule has 0 aliphatic heterocycles. The summed E-state index contributed by atoms with van der Waals surface area (Å²) in [5, 5.41) is 9.05. The van der Waals surface area contributed by atoms with Gasteiger partial charge < -0.3 is 5.11 Å². The fourth-order valence-corrected chi connectivity index (χ4v) is 3.91. The van der Waals surface area contributed by atoms with Gasteiger partial charge in [-0.05, 0) is 56.2 Å². The molecule has 1 aromatic rings. The number of carbonyl (C=O) groups is 1. The van der Waals surface area contributed by atoms with Crippen LogP contribution in [0.1, 0.15) is 60.8 Å². The summed E-state index contributed by atoms with van der Waals surface area (Å²) in [6.07, 6.45) is 6.86. The maximum Gasteiger partial charge on any atom is 0.304 e. The predicted octanol–water partition coefficient (Wildman–Crippen LogP) is 4.47. The zero-order chi connectivity index (χ0) is 16.8. The van der Waals surface area contributed by atoms with E-state index in [0.717, 1.165) is 19.0 Å². The molecule has 0 radical (unpaired) electrons. The number of hydrogen-bond donors (Lipinski definition) is 1. The molecule has 2 rings (SSSR count). The molecule has 23 heavy (non-hydrogen) atoms. The highest BCUT2D eigenvalue weighted by atomic mass is 16.4. The van der Waals surface area contributed by atoms with Crippen LogP contribution in [0.5, 0.6) is 0 Å². The number of hydrogen-bond acceptors (Lipinski definition) is 2. The first-order chi connectivity index (χ1) is 11.0. The molecular weight excluding hydrogens is 286 g/mol. The summed E-state index contributed by atoms with van der Waals surface area (Å²) in [5.41, 5.74) is 5.32. The maximum absolute atomic E-state index is 11.0. The molecule has 0 amide bonds. The van der Waals surface area contributed by atoms with Gasteiger partial charge in [0, 0.05) is 19.6 Å². The number of nitrogens with zero attached hydrogens (tertiary/aromatic N) is 1. The molecule has 3 nitrogen and oxygen atoms in total. The van der Waals surface area contributed by atoms with Gasteiger partial charge in [-0.2, -0.15) is 0 Å². The Morgan fingerprint density at radius 2 is 1.74 bits per heavy atom. The van der Waals surface area contributed by atoms with Crippen molar-refractivity contribution in [1.82, 2.24) is 4.90 Å². The number of rotatable bonds is 7. The second-order valence-electron chi connectivity index (χ2n) is 7.26. The quantitative estimate of drug-likeness (QED) is 0.806. The normalized spacial score (nSPS) is 16.0. The Hall–Kier alpha value is -1.35. The lowest BCUT2D eigenvalue weighted by Crippen LogP contribution is -2.32. The van der Waals surface area contributed by atoms with Crippen molar-refractivity contribution in [2.45, 2.75) is 65.8 Å². The van der Waals surface area contributed by atoms with E-state index in [2.05, 4.69) is 37.8 Å². The van der Waals surface area contributed by atoms with Gasteiger partial charge in [-0.3, -0.25) is 9.69 Å². The van der Waals surface area contributed by atoms with Crippen LogP contribution in [0.25, 0.3) is 0 Å². The fraction of sp³-hybridized carbons (Fsp3) is 0.650. The molecule has 1 N–H and O–H groups in total. The van der Waals surface area contributed by atoms with E-state index in [1.807, 2.05) is 0 Å². The van der Waals surface area contributed by atoms with Crippen LogP contribution in [0.3, 0.4) is 0 Å². The van der Waals surface area contributed by atoms with Crippen molar-refractivity contribution in [1.29, 1.82) is 0 Å².